The average Bonchev–Trinajstić information content (AvgIpc) is 2.92. The van der Waals surface area contributed by atoms with E-state index in [1.807, 2.05) is 30.3 Å². The molecule has 3 aromatic rings. The maximum atomic E-state index is 12.8. The zero-order chi connectivity index (χ0) is 27.4. The minimum Gasteiger partial charge on any atom is -0.497 e. The topological polar surface area (TPSA) is 103 Å². The fraction of sp³-hybridized carbons (Fsp3) is 0.367. The summed E-state index contributed by atoms with van der Waals surface area (Å²) in [5.74, 6) is 1.38. The normalized spacial score (nSPS) is 19.7. The van der Waals surface area contributed by atoms with Crippen LogP contribution >= 0.6 is 0 Å². The first-order valence-electron chi connectivity index (χ1n) is 12.9. The van der Waals surface area contributed by atoms with Gasteiger partial charge in [0, 0.05) is 42.1 Å². The van der Waals surface area contributed by atoms with Crippen molar-refractivity contribution in [1.29, 1.82) is 0 Å². The Kier molecular flexibility index (Phi) is 8.45. The molecule has 202 valence electrons. The number of carbonyl (C=O) groups excluding carboxylic acids is 1. The Labute approximate surface area is 225 Å². The zero-order valence-electron chi connectivity index (χ0n) is 22.7. The largest absolute Gasteiger partial charge is 0.497 e. The summed E-state index contributed by atoms with van der Waals surface area (Å²) in [5, 5.41) is 14.3. The number of anilines is 2. The minimum atomic E-state index is -2.09. The molecule has 3 aromatic carbocycles. The summed E-state index contributed by atoms with van der Waals surface area (Å²) in [6.07, 6.45) is 0.277. The minimum absolute atomic E-state index is 0.0251. The molecule has 4 atom stereocenters. The van der Waals surface area contributed by atoms with E-state index >= 15 is 0 Å². The summed E-state index contributed by atoms with van der Waals surface area (Å²) in [5.41, 5.74) is 8.60. The second-order valence-electron chi connectivity index (χ2n) is 10.5. The number of rotatable bonds is 9. The highest BCUT2D eigenvalue weighted by Gasteiger charge is 2.46. The molecule has 0 aromatic heterocycles. The Morgan fingerprint density at radius 1 is 1.08 bits per heavy atom. The van der Waals surface area contributed by atoms with Gasteiger partial charge in [0.2, 0.25) is 0 Å². The first-order valence-corrected chi connectivity index (χ1v) is 16.0. The van der Waals surface area contributed by atoms with Crippen LogP contribution in [0.2, 0.25) is 18.6 Å². The Morgan fingerprint density at radius 3 is 2.37 bits per heavy atom. The smallest absolute Gasteiger partial charge is 0.255 e. The van der Waals surface area contributed by atoms with Crippen LogP contribution in [0.5, 0.6) is 11.5 Å². The standard InChI is InChI=1S/C30H38N2O5Si/c1-19-28(36-3)25-18-22(32-30(34)20-6-8-21(31)9-7-20)10-15-26(25)37-29(19)27(16-17-33)38(4,5)24-13-11-23(35-2)12-14-24/h6-15,18-19,27-29,33H,16-17,31H2,1-5H3,(H,32,34)/t19-,27?,28-,29-/m0/s1. The maximum Gasteiger partial charge on any atom is 0.255 e. The Morgan fingerprint density at radius 2 is 1.76 bits per heavy atom. The number of ether oxygens (including phenoxy) is 3. The number of benzene rings is 3. The average molecular weight is 535 g/mol. The summed E-state index contributed by atoms with van der Waals surface area (Å²) < 4.78 is 18.1. The quantitative estimate of drug-likeness (QED) is 0.264. The van der Waals surface area contributed by atoms with E-state index in [1.165, 1.54) is 5.19 Å². The van der Waals surface area contributed by atoms with Crippen LogP contribution in [0.4, 0.5) is 11.4 Å². The highest BCUT2D eigenvalue weighted by Crippen LogP contribution is 2.47. The van der Waals surface area contributed by atoms with Crippen molar-refractivity contribution in [3.63, 3.8) is 0 Å². The van der Waals surface area contributed by atoms with Gasteiger partial charge >= 0.3 is 0 Å². The van der Waals surface area contributed by atoms with Crippen LogP contribution in [0.25, 0.3) is 0 Å². The van der Waals surface area contributed by atoms with Gasteiger partial charge in [-0.15, -0.1) is 0 Å². The van der Waals surface area contributed by atoms with E-state index in [2.05, 4.69) is 37.5 Å². The lowest BCUT2D eigenvalue weighted by Crippen LogP contribution is -2.54. The number of hydrogen-bond acceptors (Lipinski definition) is 6. The molecular formula is C30H38N2O5Si. The molecule has 4 rings (SSSR count). The van der Waals surface area contributed by atoms with Gasteiger partial charge in [0.1, 0.15) is 17.6 Å². The molecule has 0 spiro atoms. The van der Waals surface area contributed by atoms with Crippen LogP contribution in [0.3, 0.4) is 0 Å². The molecule has 38 heavy (non-hydrogen) atoms. The highest BCUT2D eigenvalue weighted by atomic mass is 28.3. The van der Waals surface area contributed by atoms with Crippen molar-refractivity contribution in [1.82, 2.24) is 0 Å². The van der Waals surface area contributed by atoms with E-state index in [0.717, 1.165) is 17.1 Å². The zero-order valence-corrected chi connectivity index (χ0v) is 23.7. The van der Waals surface area contributed by atoms with Gasteiger partial charge in [-0.25, -0.2) is 0 Å². The van der Waals surface area contributed by atoms with Crippen LogP contribution in [-0.2, 0) is 4.74 Å². The van der Waals surface area contributed by atoms with Gasteiger partial charge in [-0.2, -0.15) is 0 Å². The summed E-state index contributed by atoms with van der Waals surface area (Å²) in [6.45, 7) is 6.89. The highest BCUT2D eigenvalue weighted by molar-refractivity contribution is 6.91. The molecule has 4 N–H and O–H groups in total. The van der Waals surface area contributed by atoms with Gasteiger partial charge in [-0.1, -0.05) is 37.3 Å². The van der Waals surface area contributed by atoms with Gasteiger partial charge in [0.15, 0.2) is 0 Å². The number of aliphatic hydroxyl groups is 1. The Bertz CT molecular complexity index is 1250. The first kappa shape index (κ1) is 27.7. The molecule has 8 heteroatoms. The number of fused-ring (bicyclic) bond motifs is 1. The predicted octanol–water partition coefficient (Wildman–Crippen LogP) is 4.98. The van der Waals surface area contributed by atoms with Crippen LogP contribution in [0.15, 0.2) is 66.7 Å². The van der Waals surface area contributed by atoms with Crippen molar-refractivity contribution in [3.8, 4) is 11.5 Å². The summed E-state index contributed by atoms with van der Waals surface area (Å²) in [7, 11) is 1.28. The Balaban J connectivity index is 1.62. The number of aliphatic hydroxyl groups excluding tert-OH is 1. The van der Waals surface area contributed by atoms with Crippen LogP contribution in [0, 0.1) is 5.92 Å². The molecule has 0 bridgehead atoms. The third-order valence-electron chi connectivity index (χ3n) is 7.86. The number of nitrogens with one attached hydrogen (secondary N) is 1. The third kappa shape index (κ3) is 5.57. The Hall–Kier alpha value is -3.33. The molecule has 0 fully saturated rings. The molecule has 0 aliphatic carbocycles. The number of nitrogens with two attached hydrogens (primary N) is 1. The monoisotopic (exact) mass is 534 g/mol. The van der Waals surface area contributed by atoms with Crippen molar-refractivity contribution in [2.75, 3.05) is 31.9 Å². The lowest BCUT2D eigenvalue weighted by molar-refractivity contribution is -0.0241. The number of nitrogen functional groups attached to an aromatic ring is 1. The van der Waals surface area contributed by atoms with Gasteiger partial charge in [-0.3, -0.25) is 4.79 Å². The van der Waals surface area contributed by atoms with E-state index in [-0.39, 0.29) is 36.2 Å². The van der Waals surface area contributed by atoms with Crippen molar-refractivity contribution in [3.05, 3.63) is 77.9 Å². The van der Waals surface area contributed by atoms with Gasteiger partial charge in [0.25, 0.3) is 5.91 Å². The molecule has 1 unspecified atom stereocenters. The summed E-state index contributed by atoms with van der Waals surface area (Å²) >= 11 is 0. The van der Waals surface area contributed by atoms with Crippen LogP contribution in [0.1, 0.15) is 35.4 Å². The number of hydrogen-bond donors (Lipinski definition) is 3. The fourth-order valence-electron chi connectivity index (χ4n) is 5.60. The fourth-order valence-corrected chi connectivity index (χ4v) is 9.10. The van der Waals surface area contributed by atoms with E-state index in [4.69, 9.17) is 19.9 Å². The predicted molar refractivity (Wildman–Crippen MR) is 154 cm³/mol. The van der Waals surface area contributed by atoms with Gasteiger partial charge in [-0.05, 0) is 66.6 Å². The second kappa shape index (κ2) is 11.6. The van der Waals surface area contributed by atoms with E-state index in [0.29, 0.717) is 23.4 Å². The first-order chi connectivity index (χ1) is 18.2. The maximum absolute atomic E-state index is 12.8. The third-order valence-corrected chi connectivity index (χ3v) is 12.2. The van der Waals surface area contributed by atoms with Gasteiger partial charge < -0.3 is 30.4 Å². The molecule has 1 amide bonds. The molecule has 0 saturated heterocycles. The molecule has 7 nitrogen and oxygen atoms in total. The van der Waals surface area contributed by atoms with Crippen molar-refractivity contribution >= 4 is 30.5 Å². The lowest BCUT2D eigenvalue weighted by atomic mass is 9.86. The molecule has 1 heterocycles. The summed E-state index contributed by atoms with van der Waals surface area (Å²) in [6, 6.07) is 20.8. The number of amides is 1. The van der Waals surface area contributed by atoms with Gasteiger partial charge in [0.05, 0.1) is 21.3 Å². The molecule has 0 saturated carbocycles. The van der Waals surface area contributed by atoms with Crippen molar-refractivity contribution in [2.45, 2.75) is 44.2 Å². The molecule has 1 aliphatic rings. The molecule has 1 aliphatic heterocycles. The second-order valence-corrected chi connectivity index (χ2v) is 15.3. The van der Waals surface area contributed by atoms with Crippen molar-refractivity contribution in [2.24, 2.45) is 5.92 Å². The SMILES string of the molecule is COc1ccc([Si](C)(C)C(CCO)[C@H]2Oc3ccc(NC(=O)c4ccc(N)cc4)cc3[C@@H](OC)[C@@H]2C)cc1. The van der Waals surface area contributed by atoms with E-state index in [9.17, 15) is 9.90 Å². The summed E-state index contributed by atoms with van der Waals surface area (Å²) in [4.78, 5) is 12.8. The number of methoxy groups -OCH3 is 2. The van der Waals surface area contributed by atoms with Crippen LogP contribution in [-0.4, -0.2) is 46.0 Å². The number of carbonyl (C=O) groups is 1. The molecule has 0 radical (unpaired) electrons. The van der Waals surface area contributed by atoms with Crippen LogP contribution < -0.4 is 25.7 Å². The van der Waals surface area contributed by atoms with E-state index in [1.54, 1.807) is 38.5 Å². The van der Waals surface area contributed by atoms with E-state index < -0.39 is 8.07 Å². The lowest BCUT2D eigenvalue weighted by Gasteiger charge is -2.45. The van der Waals surface area contributed by atoms with Crippen molar-refractivity contribution < 1.29 is 24.1 Å². The molecular weight excluding hydrogens is 496 g/mol.